The summed E-state index contributed by atoms with van der Waals surface area (Å²) in [7, 11) is 0. The fourth-order valence-corrected chi connectivity index (χ4v) is 3.33. The fraction of sp³-hybridized carbons (Fsp3) is 0.0526. The second-order valence-electron chi connectivity index (χ2n) is 5.30. The van der Waals surface area contributed by atoms with Crippen LogP contribution in [0.2, 0.25) is 0 Å². The average molecular weight is 334 g/mol. The van der Waals surface area contributed by atoms with Crippen LogP contribution in [-0.4, -0.2) is 15.4 Å². The Morgan fingerprint density at radius 2 is 1.62 bits per heavy atom. The number of benzene rings is 2. The molecule has 5 heteroatoms. The summed E-state index contributed by atoms with van der Waals surface area (Å²) in [6.45, 7) is 0. The summed E-state index contributed by atoms with van der Waals surface area (Å²) < 4.78 is 7.58. The van der Waals surface area contributed by atoms with E-state index in [-0.39, 0.29) is 0 Å². The van der Waals surface area contributed by atoms with Crippen molar-refractivity contribution in [1.29, 1.82) is 0 Å². The third-order valence-corrected chi connectivity index (χ3v) is 4.58. The molecular weight excluding hydrogens is 320 g/mol. The van der Waals surface area contributed by atoms with Gasteiger partial charge in [-0.3, -0.25) is 4.40 Å². The number of fused-ring (bicyclic) bond motifs is 1. The van der Waals surface area contributed by atoms with Gasteiger partial charge in [0, 0.05) is 11.6 Å². The molecule has 2 aromatic heterocycles. The lowest BCUT2D eigenvalue weighted by atomic mass is 10.0. The molecule has 0 radical (unpaired) electrons. The summed E-state index contributed by atoms with van der Waals surface area (Å²) in [5.74, 6) is -0.144. The maximum absolute atomic E-state index is 12.7. The van der Waals surface area contributed by atoms with Crippen LogP contribution in [0.5, 0.6) is 0 Å². The zero-order valence-electron chi connectivity index (χ0n) is 12.7. The molecule has 118 valence electrons. The number of nitrogens with zero attached hydrogens (tertiary/aromatic N) is 2. The van der Waals surface area contributed by atoms with Gasteiger partial charge in [-0.05, 0) is 11.1 Å². The predicted molar refractivity (Wildman–Crippen MR) is 93.2 cm³/mol. The highest BCUT2D eigenvalue weighted by Crippen LogP contribution is 2.27. The Morgan fingerprint density at radius 1 is 1.00 bits per heavy atom. The van der Waals surface area contributed by atoms with E-state index < -0.39 is 12.1 Å². The monoisotopic (exact) mass is 334 g/mol. The first-order chi connectivity index (χ1) is 11.8. The summed E-state index contributed by atoms with van der Waals surface area (Å²) in [4.78, 5) is 17.8. The second-order valence-corrected chi connectivity index (χ2v) is 6.23. The molecule has 24 heavy (non-hydrogen) atoms. The molecule has 0 unspecified atom stereocenters. The third kappa shape index (κ3) is 2.70. The van der Waals surface area contributed by atoms with Gasteiger partial charge in [0.1, 0.15) is 4.83 Å². The molecule has 0 aliphatic rings. The molecule has 0 atom stereocenters. The second kappa shape index (κ2) is 6.29. The van der Waals surface area contributed by atoms with E-state index in [2.05, 4.69) is 4.98 Å². The molecule has 4 aromatic rings. The lowest BCUT2D eigenvalue weighted by molar-refractivity contribution is 0.0362. The maximum atomic E-state index is 12.7. The van der Waals surface area contributed by atoms with E-state index in [0.717, 1.165) is 16.0 Å². The topological polar surface area (TPSA) is 43.6 Å². The number of aromatic nitrogens is 2. The Bertz CT molecular complexity index is 921. The number of thiazole rings is 1. The highest BCUT2D eigenvalue weighted by atomic mass is 32.1. The quantitative estimate of drug-likeness (QED) is 0.521. The number of ether oxygens (including phenoxy) is 1. The minimum absolute atomic E-state index is 0.295. The lowest BCUT2D eigenvalue weighted by Crippen LogP contribution is -2.15. The predicted octanol–water partition coefficient (Wildman–Crippen LogP) is 4.34. The van der Waals surface area contributed by atoms with Gasteiger partial charge >= 0.3 is 5.97 Å². The molecule has 4 nitrogen and oxygen atoms in total. The summed E-state index contributed by atoms with van der Waals surface area (Å²) in [5, 5.41) is 1.92. The van der Waals surface area contributed by atoms with Gasteiger partial charge < -0.3 is 4.74 Å². The molecule has 0 saturated heterocycles. The van der Waals surface area contributed by atoms with E-state index in [0.29, 0.717) is 5.82 Å². The molecule has 2 aromatic carbocycles. The summed E-state index contributed by atoms with van der Waals surface area (Å²) >= 11 is 1.53. The molecule has 2 heterocycles. The first-order valence-electron chi connectivity index (χ1n) is 7.54. The summed E-state index contributed by atoms with van der Waals surface area (Å²) in [6.07, 6.45) is 3.04. The molecule has 0 aliphatic carbocycles. The van der Waals surface area contributed by atoms with Crippen molar-refractivity contribution in [2.75, 3.05) is 0 Å². The zero-order valence-corrected chi connectivity index (χ0v) is 13.5. The van der Waals surface area contributed by atoms with Gasteiger partial charge in [-0.15, -0.1) is 11.3 Å². The van der Waals surface area contributed by atoms with Crippen molar-refractivity contribution < 1.29 is 9.53 Å². The molecule has 0 fully saturated rings. The van der Waals surface area contributed by atoms with Crippen LogP contribution in [0.4, 0.5) is 0 Å². The number of carbonyl (C=O) groups is 1. The molecule has 0 aliphatic heterocycles. The third-order valence-electron chi connectivity index (χ3n) is 3.77. The van der Waals surface area contributed by atoms with Crippen molar-refractivity contribution in [3.05, 3.63) is 95.4 Å². The van der Waals surface area contributed by atoms with Gasteiger partial charge in [-0.1, -0.05) is 60.7 Å². The van der Waals surface area contributed by atoms with E-state index in [1.165, 1.54) is 11.3 Å². The highest BCUT2D eigenvalue weighted by molar-refractivity contribution is 7.15. The maximum Gasteiger partial charge on any atom is 0.375 e. The van der Waals surface area contributed by atoms with Crippen LogP contribution in [0.3, 0.4) is 0 Å². The van der Waals surface area contributed by atoms with Crippen LogP contribution < -0.4 is 0 Å². The van der Waals surface area contributed by atoms with Gasteiger partial charge in [-0.25, -0.2) is 9.78 Å². The number of imidazole rings is 1. The van der Waals surface area contributed by atoms with Crippen molar-refractivity contribution in [3.63, 3.8) is 0 Å². The van der Waals surface area contributed by atoms with Crippen LogP contribution in [0, 0.1) is 0 Å². The van der Waals surface area contributed by atoms with Crippen molar-refractivity contribution in [3.8, 4) is 0 Å². The first kappa shape index (κ1) is 14.7. The van der Waals surface area contributed by atoms with E-state index >= 15 is 0 Å². The van der Waals surface area contributed by atoms with Gasteiger partial charge in [0.15, 0.2) is 6.10 Å². The fourth-order valence-electron chi connectivity index (χ4n) is 2.63. The standard InChI is InChI=1S/C19H14N2O2S/c22-19(18-20-13-16-21(18)11-12-24-16)23-17(14-7-3-1-4-8-14)15-9-5-2-6-10-15/h1-13,17H. The molecular formula is C19H14N2O2S. The van der Waals surface area contributed by atoms with Crippen LogP contribution in [0.25, 0.3) is 4.83 Å². The van der Waals surface area contributed by atoms with Crippen LogP contribution in [0.1, 0.15) is 27.8 Å². The molecule has 0 N–H and O–H groups in total. The summed E-state index contributed by atoms with van der Waals surface area (Å²) in [5.41, 5.74) is 1.85. The van der Waals surface area contributed by atoms with Crippen molar-refractivity contribution in [2.24, 2.45) is 0 Å². The number of rotatable bonds is 4. The minimum Gasteiger partial charge on any atom is -0.447 e. The lowest BCUT2D eigenvalue weighted by Gasteiger charge is -2.18. The number of esters is 1. The van der Waals surface area contributed by atoms with Crippen LogP contribution in [0.15, 0.2) is 78.4 Å². The van der Waals surface area contributed by atoms with Crippen molar-refractivity contribution in [1.82, 2.24) is 9.38 Å². The van der Waals surface area contributed by atoms with Crippen LogP contribution in [-0.2, 0) is 4.74 Å². The minimum atomic E-state index is -0.467. The molecule has 4 rings (SSSR count). The Morgan fingerprint density at radius 3 is 2.25 bits per heavy atom. The largest absolute Gasteiger partial charge is 0.447 e. The smallest absolute Gasteiger partial charge is 0.375 e. The normalized spacial score (nSPS) is 11.0. The SMILES string of the molecule is O=C(OC(c1ccccc1)c1ccccc1)c1ncc2sccn12. The molecule has 0 amide bonds. The Labute approximate surface area is 143 Å². The van der Waals surface area contributed by atoms with Crippen molar-refractivity contribution in [2.45, 2.75) is 6.10 Å². The van der Waals surface area contributed by atoms with Gasteiger partial charge in [0.25, 0.3) is 0 Å². The Balaban J connectivity index is 1.70. The van der Waals surface area contributed by atoms with E-state index in [1.807, 2.05) is 72.2 Å². The van der Waals surface area contributed by atoms with Crippen molar-refractivity contribution >= 4 is 22.1 Å². The van der Waals surface area contributed by atoms with Crippen LogP contribution >= 0.6 is 11.3 Å². The number of hydrogen-bond acceptors (Lipinski definition) is 4. The van der Waals surface area contributed by atoms with E-state index in [9.17, 15) is 4.79 Å². The summed E-state index contributed by atoms with van der Waals surface area (Å²) in [6, 6.07) is 19.4. The van der Waals surface area contributed by atoms with Gasteiger partial charge in [-0.2, -0.15) is 0 Å². The average Bonchev–Trinajstić information content (AvgIpc) is 3.24. The number of carbonyl (C=O) groups excluding carboxylic acids is 1. The van der Waals surface area contributed by atoms with E-state index in [4.69, 9.17) is 4.74 Å². The molecule has 0 spiro atoms. The van der Waals surface area contributed by atoms with E-state index in [1.54, 1.807) is 10.6 Å². The highest BCUT2D eigenvalue weighted by Gasteiger charge is 2.22. The Hall–Kier alpha value is -2.92. The zero-order chi connectivity index (χ0) is 16.4. The first-order valence-corrected chi connectivity index (χ1v) is 8.42. The number of hydrogen-bond donors (Lipinski definition) is 0. The van der Waals surface area contributed by atoms with Gasteiger partial charge in [0.2, 0.25) is 5.82 Å². The Kier molecular flexibility index (Phi) is 3.84. The molecule has 0 bridgehead atoms. The van der Waals surface area contributed by atoms with Gasteiger partial charge in [0.05, 0.1) is 6.20 Å². The molecule has 0 saturated carbocycles.